The summed E-state index contributed by atoms with van der Waals surface area (Å²) in [5.41, 5.74) is 0. The Morgan fingerprint density at radius 3 is 2.85 bits per heavy atom. The van der Waals surface area contributed by atoms with Crippen molar-refractivity contribution in [3.8, 4) is 0 Å². The van der Waals surface area contributed by atoms with Crippen molar-refractivity contribution in [3.05, 3.63) is 0 Å². The standard InChI is InChI=1S/C11H24N2/c1-5-9(2)12-11-7-6-8-13(4)10(11)3/h9-12H,5-8H2,1-4H3. The van der Waals surface area contributed by atoms with Crippen molar-refractivity contribution < 1.29 is 0 Å². The Balaban J connectivity index is 2.39. The van der Waals surface area contributed by atoms with Crippen molar-refractivity contribution in [1.82, 2.24) is 10.2 Å². The van der Waals surface area contributed by atoms with E-state index in [0.29, 0.717) is 18.1 Å². The summed E-state index contributed by atoms with van der Waals surface area (Å²) in [5.74, 6) is 0. The van der Waals surface area contributed by atoms with Crippen LogP contribution in [0.2, 0.25) is 0 Å². The van der Waals surface area contributed by atoms with E-state index in [1.54, 1.807) is 0 Å². The maximum atomic E-state index is 3.71. The lowest BCUT2D eigenvalue weighted by molar-refractivity contribution is 0.147. The van der Waals surface area contributed by atoms with Gasteiger partial charge in [0.1, 0.15) is 0 Å². The van der Waals surface area contributed by atoms with Crippen molar-refractivity contribution in [3.63, 3.8) is 0 Å². The van der Waals surface area contributed by atoms with Gasteiger partial charge in [0.25, 0.3) is 0 Å². The fraction of sp³-hybridized carbons (Fsp3) is 1.00. The monoisotopic (exact) mass is 184 g/mol. The van der Waals surface area contributed by atoms with E-state index in [4.69, 9.17) is 0 Å². The lowest BCUT2D eigenvalue weighted by atomic mass is 9.97. The van der Waals surface area contributed by atoms with Gasteiger partial charge >= 0.3 is 0 Å². The second kappa shape index (κ2) is 4.97. The van der Waals surface area contributed by atoms with Crippen molar-refractivity contribution in [2.45, 2.75) is 58.2 Å². The van der Waals surface area contributed by atoms with Crippen molar-refractivity contribution in [2.24, 2.45) is 0 Å². The fourth-order valence-electron chi connectivity index (χ4n) is 2.02. The van der Waals surface area contributed by atoms with E-state index >= 15 is 0 Å². The summed E-state index contributed by atoms with van der Waals surface area (Å²) in [6, 6.07) is 2.07. The highest BCUT2D eigenvalue weighted by atomic mass is 15.2. The summed E-state index contributed by atoms with van der Waals surface area (Å²) in [4.78, 5) is 2.46. The minimum atomic E-state index is 0.666. The third kappa shape index (κ3) is 2.96. The van der Waals surface area contributed by atoms with Crippen molar-refractivity contribution in [1.29, 1.82) is 0 Å². The Kier molecular flexibility index (Phi) is 4.20. The molecule has 0 amide bonds. The van der Waals surface area contributed by atoms with E-state index < -0.39 is 0 Å². The topological polar surface area (TPSA) is 15.3 Å². The summed E-state index contributed by atoms with van der Waals surface area (Å²) < 4.78 is 0. The molecule has 1 fully saturated rings. The van der Waals surface area contributed by atoms with Crippen molar-refractivity contribution >= 4 is 0 Å². The fourth-order valence-corrected chi connectivity index (χ4v) is 2.02. The Hall–Kier alpha value is -0.0800. The number of hydrogen-bond acceptors (Lipinski definition) is 2. The predicted octanol–water partition coefficient (Wildman–Crippen LogP) is 1.86. The number of likely N-dealkylation sites (N-methyl/N-ethyl adjacent to an activating group) is 1. The summed E-state index contributed by atoms with van der Waals surface area (Å²) in [7, 11) is 2.23. The Morgan fingerprint density at radius 2 is 2.23 bits per heavy atom. The summed E-state index contributed by atoms with van der Waals surface area (Å²) >= 11 is 0. The molecule has 3 atom stereocenters. The third-order valence-electron chi connectivity index (χ3n) is 3.41. The highest BCUT2D eigenvalue weighted by molar-refractivity contribution is 4.85. The molecule has 13 heavy (non-hydrogen) atoms. The van der Waals surface area contributed by atoms with Gasteiger partial charge < -0.3 is 10.2 Å². The van der Waals surface area contributed by atoms with Gasteiger partial charge in [-0.15, -0.1) is 0 Å². The summed E-state index contributed by atoms with van der Waals surface area (Å²) in [6.45, 7) is 8.12. The first-order chi connectivity index (χ1) is 6.15. The van der Waals surface area contributed by atoms with E-state index in [2.05, 4.69) is 38.0 Å². The highest BCUT2D eigenvalue weighted by Gasteiger charge is 2.25. The molecular weight excluding hydrogens is 160 g/mol. The van der Waals surface area contributed by atoms with Gasteiger partial charge in [0.2, 0.25) is 0 Å². The highest BCUT2D eigenvalue weighted by Crippen LogP contribution is 2.16. The zero-order valence-corrected chi connectivity index (χ0v) is 9.51. The molecule has 1 aliphatic heterocycles. The third-order valence-corrected chi connectivity index (χ3v) is 3.41. The Morgan fingerprint density at radius 1 is 1.54 bits per heavy atom. The van der Waals surface area contributed by atoms with Crippen LogP contribution in [-0.2, 0) is 0 Å². The summed E-state index contributed by atoms with van der Waals surface area (Å²) in [6.07, 6.45) is 3.91. The van der Waals surface area contributed by atoms with Gasteiger partial charge in [-0.05, 0) is 46.7 Å². The van der Waals surface area contributed by atoms with Crippen LogP contribution in [-0.4, -0.2) is 36.6 Å². The van der Waals surface area contributed by atoms with Crippen LogP contribution in [0.1, 0.15) is 40.0 Å². The van der Waals surface area contributed by atoms with Crippen molar-refractivity contribution in [2.75, 3.05) is 13.6 Å². The minimum Gasteiger partial charge on any atom is -0.310 e. The second-order valence-corrected chi connectivity index (χ2v) is 4.45. The predicted molar refractivity (Wildman–Crippen MR) is 58.0 cm³/mol. The van der Waals surface area contributed by atoms with Gasteiger partial charge in [0, 0.05) is 18.1 Å². The maximum Gasteiger partial charge on any atom is 0.0223 e. The molecule has 1 heterocycles. The molecule has 1 saturated heterocycles. The number of nitrogens with one attached hydrogen (secondary N) is 1. The van der Waals surface area contributed by atoms with Crippen LogP contribution in [0.3, 0.4) is 0 Å². The number of hydrogen-bond donors (Lipinski definition) is 1. The molecule has 0 radical (unpaired) electrons. The van der Waals surface area contributed by atoms with Crippen LogP contribution in [0.25, 0.3) is 0 Å². The normalized spacial score (nSPS) is 33.2. The first kappa shape index (κ1) is 11.0. The molecule has 2 heteroatoms. The van der Waals surface area contributed by atoms with Gasteiger partial charge in [0.15, 0.2) is 0 Å². The largest absolute Gasteiger partial charge is 0.310 e. The molecule has 2 nitrogen and oxygen atoms in total. The molecule has 0 saturated carbocycles. The minimum absolute atomic E-state index is 0.666. The number of likely N-dealkylation sites (tertiary alicyclic amines) is 1. The van der Waals surface area contributed by atoms with E-state index in [1.165, 1.54) is 25.8 Å². The van der Waals surface area contributed by atoms with Crippen LogP contribution in [0.4, 0.5) is 0 Å². The number of nitrogens with zero attached hydrogens (tertiary/aromatic N) is 1. The molecule has 1 aliphatic rings. The molecule has 0 aromatic heterocycles. The van der Waals surface area contributed by atoms with E-state index in [0.717, 1.165) is 0 Å². The molecule has 0 aromatic carbocycles. The van der Waals surface area contributed by atoms with Gasteiger partial charge in [-0.1, -0.05) is 6.92 Å². The molecule has 0 spiro atoms. The quantitative estimate of drug-likeness (QED) is 0.720. The lowest BCUT2D eigenvalue weighted by Gasteiger charge is -2.38. The smallest absolute Gasteiger partial charge is 0.0223 e. The van der Waals surface area contributed by atoms with Crippen LogP contribution in [0.15, 0.2) is 0 Å². The Bertz CT molecular complexity index is 147. The average molecular weight is 184 g/mol. The lowest BCUT2D eigenvalue weighted by Crippen LogP contribution is -2.52. The van der Waals surface area contributed by atoms with Crippen LogP contribution >= 0.6 is 0 Å². The zero-order chi connectivity index (χ0) is 9.84. The maximum absolute atomic E-state index is 3.71. The van der Waals surface area contributed by atoms with Crippen LogP contribution in [0, 0.1) is 0 Å². The van der Waals surface area contributed by atoms with Gasteiger partial charge in [-0.25, -0.2) is 0 Å². The van der Waals surface area contributed by atoms with E-state index in [9.17, 15) is 0 Å². The molecule has 0 aliphatic carbocycles. The number of rotatable bonds is 3. The van der Waals surface area contributed by atoms with Gasteiger partial charge in [-0.2, -0.15) is 0 Å². The average Bonchev–Trinajstić information content (AvgIpc) is 2.13. The molecule has 0 bridgehead atoms. The molecule has 1 rings (SSSR count). The summed E-state index contributed by atoms with van der Waals surface area (Å²) in [5, 5.41) is 3.71. The van der Waals surface area contributed by atoms with Crippen LogP contribution in [0.5, 0.6) is 0 Å². The second-order valence-electron chi connectivity index (χ2n) is 4.45. The van der Waals surface area contributed by atoms with Crippen LogP contribution < -0.4 is 5.32 Å². The first-order valence-electron chi connectivity index (χ1n) is 5.61. The van der Waals surface area contributed by atoms with E-state index in [-0.39, 0.29) is 0 Å². The molecule has 0 aromatic rings. The van der Waals surface area contributed by atoms with E-state index in [1.807, 2.05) is 0 Å². The van der Waals surface area contributed by atoms with Gasteiger partial charge in [-0.3, -0.25) is 0 Å². The molecule has 1 N–H and O–H groups in total. The SMILES string of the molecule is CCC(C)NC1CCCN(C)C1C. The molecule has 78 valence electrons. The molecule has 3 unspecified atom stereocenters. The first-order valence-corrected chi connectivity index (χ1v) is 5.61. The number of piperidine rings is 1. The zero-order valence-electron chi connectivity index (χ0n) is 9.51. The van der Waals surface area contributed by atoms with Gasteiger partial charge in [0.05, 0.1) is 0 Å². The molecular formula is C11H24N2. The Labute approximate surface area is 82.7 Å².